The average molecular weight is 329 g/mol. The first-order valence-electron chi connectivity index (χ1n) is 8.74. The van der Waals surface area contributed by atoms with E-state index in [0.29, 0.717) is 28.9 Å². The van der Waals surface area contributed by atoms with Crippen molar-refractivity contribution < 1.29 is 4.79 Å². The van der Waals surface area contributed by atoms with E-state index in [1.807, 2.05) is 19.9 Å². The summed E-state index contributed by atoms with van der Waals surface area (Å²) in [6.45, 7) is 8.70. The molecule has 1 aromatic carbocycles. The smallest absolute Gasteiger partial charge is 0.274 e. The lowest BCUT2D eigenvalue weighted by Gasteiger charge is -2.15. The third-order valence-corrected chi connectivity index (χ3v) is 4.18. The van der Waals surface area contributed by atoms with E-state index in [9.17, 15) is 9.59 Å². The zero-order valence-electron chi connectivity index (χ0n) is 15.0. The number of aryl methyl sites for hydroxylation is 1. The van der Waals surface area contributed by atoms with Gasteiger partial charge in [0.1, 0.15) is 0 Å². The lowest BCUT2D eigenvalue weighted by atomic mass is 10.0. The SMILES string of the molecule is CCn1nc(C(=O)NC(C)CCCC(C)C)c2ccccc2c1=O. The highest BCUT2D eigenvalue weighted by atomic mass is 16.2. The summed E-state index contributed by atoms with van der Waals surface area (Å²) in [6.07, 6.45) is 3.18. The zero-order valence-corrected chi connectivity index (χ0v) is 15.0. The molecular weight excluding hydrogens is 302 g/mol. The van der Waals surface area contributed by atoms with Crippen molar-refractivity contribution >= 4 is 16.7 Å². The summed E-state index contributed by atoms with van der Waals surface area (Å²) in [6, 6.07) is 7.23. The molecule has 1 amide bonds. The van der Waals surface area contributed by atoms with Crippen molar-refractivity contribution in [3.8, 4) is 0 Å². The maximum Gasteiger partial charge on any atom is 0.274 e. The summed E-state index contributed by atoms with van der Waals surface area (Å²) >= 11 is 0. The molecule has 1 atom stereocenters. The second-order valence-electron chi connectivity index (χ2n) is 6.71. The molecule has 0 aliphatic heterocycles. The van der Waals surface area contributed by atoms with Gasteiger partial charge in [0, 0.05) is 18.0 Å². The van der Waals surface area contributed by atoms with Crippen LogP contribution in [0, 0.1) is 5.92 Å². The first-order valence-corrected chi connectivity index (χ1v) is 8.74. The molecule has 2 rings (SSSR count). The van der Waals surface area contributed by atoms with Gasteiger partial charge in [-0.05, 0) is 32.3 Å². The van der Waals surface area contributed by atoms with Crippen LogP contribution in [0.3, 0.4) is 0 Å². The number of fused-ring (bicyclic) bond motifs is 1. The standard InChI is InChI=1S/C19H27N3O2/c1-5-22-19(24)16-12-7-6-11-15(16)17(21-22)18(23)20-14(4)10-8-9-13(2)3/h6-7,11-14H,5,8-10H2,1-4H3,(H,20,23). The van der Waals surface area contributed by atoms with Crippen LogP contribution in [0.1, 0.15) is 57.4 Å². The highest BCUT2D eigenvalue weighted by molar-refractivity contribution is 6.04. The fourth-order valence-corrected chi connectivity index (χ4v) is 2.81. The molecule has 1 heterocycles. The molecule has 1 unspecified atom stereocenters. The van der Waals surface area contributed by atoms with E-state index in [-0.39, 0.29) is 17.5 Å². The summed E-state index contributed by atoms with van der Waals surface area (Å²) in [5, 5.41) is 8.43. The van der Waals surface area contributed by atoms with Gasteiger partial charge in [0.25, 0.3) is 11.5 Å². The maximum atomic E-state index is 12.7. The van der Waals surface area contributed by atoms with Crippen LogP contribution in [-0.4, -0.2) is 21.7 Å². The second kappa shape index (κ2) is 8.08. The molecule has 0 bridgehead atoms. The van der Waals surface area contributed by atoms with Crippen LogP contribution >= 0.6 is 0 Å². The Bertz CT molecular complexity index is 765. The van der Waals surface area contributed by atoms with E-state index in [2.05, 4.69) is 24.3 Å². The highest BCUT2D eigenvalue weighted by Crippen LogP contribution is 2.14. The molecule has 0 aliphatic rings. The van der Waals surface area contributed by atoms with Gasteiger partial charge in [0.05, 0.1) is 5.39 Å². The number of nitrogens with zero attached hydrogens (tertiary/aromatic N) is 2. The van der Waals surface area contributed by atoms with E-state index >= 15 is 0 Å². The van der Waals surface area contributed by atoms with Gasteiger partial charge in [0.2, 0.25) is 0 Å². The number of benzene rings is 1. The van der Waals surface area contributed by atoms with Crippen molar-refractivity contribution in [1.29, 1.82) is 0 Å². The number of carbonyl (C=O) groups excluding carboxylic acids is 1. The van der Waals surface area contributed by atoms with Gasteiger partial charge in [-0.25, -0.2) is 4.68 Å². The Morgan fingerprint density at radius 2 is 1.83 bits per heavy atom. The van der Waals surface area contributed by atoms with Crippen molar-refractivity contribution in [2.24, 2.45) is 5.92 Å². The second-order valence-corrected chi connectivity index (χ2v) is 6.71. The van der Waals surface area contributed by atoms with E-state index in [4.69, 9.17) is 0 Å². The van der Waals surface area contributed by atoms with Crippen LogP contribution in [-0.2, 0) is 6.54 Å². The number of nitrogens with one attached hydrogen (secondary N) is 1. The van der Waals surface area contributed by atoms with Gasteiger partial charge in [-0.2, -0.15) is 5.10 Å². The molecule has 0 fully saturated rings. The maximum absolute atomic E-state index is 12.7. The summed E-state index contributed by atoms with van der Waals surface area (Å²) in [5.74, 6) is 0.456. The predicted octanol–water partition coefficient (Wildman–Crippen LogP) is 3.36. The molecule has 2 aromatic rings. The molecule has 1 aromatic heterocycles. The fourth-order valence-electron chi connectivity index (χ4n) is 2.81. The molecule has 130 valence electrons. The third kappa shape index (κ3) is 4.22. The third-order valence-electron chi connectivity index (χ3n) is 4.18. The Labute approximate surface area is 143 Å². The molecule has 0 saturated heterocycles. The number of hydrogen-bond donors (Lipinski definition) is 1. The van der Waals surface area contributed by atoms with Gasteiger partial charge in [-0.15, -0.1) is 0 Å². The van der Waals surface area contributed by atoms with Gasteiger partial charge in [-0.3, -0.25) is 9.59 Å². The van der Waals surface area contributed by atoms with Crippen LogP contribution < -0.4 is 10.9 Å². The largest absolute Gasteiger partial charge is 0.348 e. The number of amides is 1. The normalized spacial score (nSPS) is 12.5. The lowest BCUT2D eigenvalue weighted by molar-refractivity contribution is 0.0932. The predicted molar refractivity (Wildman–Crippen MR) is 97.3 cm³/mol. The Morgan fingerprint density at radius 1 is 1.17 bits per heavy atom. The van der Waals surface area contributed by atoms with Crippen molar-refractivity contribution in [1.82, 2.24) is 15.1 Å². The molecule has 24 heavy (non-hydrogen) atoms. The summed E-state index contributed by atoms with van der Waals surface area (Å²) in [4.78, 5) is 25.0. The Kier molecular flexibility index (Phi) is 6.12. The monoisotopic (exact) mass is 329 g/mol. The molecule has 0 spiro atoms. The van der Waals surface area contributed by atoms with Crippen molar-refractivity contribution in [2.75, 3.05) is 0 Å². The van der Waals surface area contributed by atoms with Gasteiger partial charge < -0.3 is 5.32 Å². The first kappa shape index (κ1) is 18.2. The molecule has 0 aliphatic carbocycles. The molecule has 5 nitrogen and oxygen atoms in total. The van der Waals surface area contributed by atoms with Crippen molar-refractivity contribution in [2.45, 2.75) is 59.5 Å². The molecule has 1 N–H and O–H groups in total. The Morgan fingerprint density at radius 3 is 2.46 bits per heavy atom. The molecular formula is C19H27N3O2. The van der Waals surface area contributed by atoms with E-state index in [0.717, 1.165) is 19.3 Å². The lowest BCUT2D eigenvalue weighted by Crippen LogP contribution is -2.35. The highest BCUT2D eigenvalue weighted by Gasteiger charge is 2.17. The summed E-state index contributed by atoms with van der Waals surface area (Å²) in [5.41, 5.74) is 0.164. The minimum atomic E-state index is -0.217. The van der Waals surface area contributed by atoms with Crippen LogP contribution in [0.25, 0.3) is 10.8 Å². The number of carbonyl (C=O) groups is 1. The van der Waals surface area contributed by atoms with Crippen molar-refractivity contribution in [3.05, 3.63) is 40.3 Å². The van der Waals surface area contributed by atoms with Gasteiger partial charge in [0.15, 0.2) is 5.69 Å². The van der Waals surface area contributed by atoms with Crippen LogP contribution in [0.5, 0.6) is 0 Å². The van der Waals surface area contributed by atoms with Crippen molar-refractivity contribution in [3.63, 3.8) is 0 Å². The van der Waals surface area contributed by atoms with Crippen LogP contribution in [0.15, 0.2) is 29.1 Å². The van der Waals surface area contributed by atoms with Gasteiger partial charge in [-0.1, -0.05) is 44.9 Å². The molecule has 5 heteroatoms. The Balaban J connectivity index is 2.23. The van der Waals surface area contributed by atoms with E-state index in [1.54, 1.807) is 18.2 Å². The van der Waals surface area contributed by atoms with E-state index in [1.165, 1.54) is 4.68 Å². The Hall–Kier alpha value is -2.17. The molecule has 0 saturated carbocycles. The minimum Gasteiger partial charge on any atom is -0.348 e. The zero-order chi connectivity index (χ0) is 17.7. The first-order chi connectivity index (χ1) is 11.4. The number of aromatic nitrogens is 2. The number of hydrogen-bond acceptors (Lipinski definition) is 3. The topological polar surface area (TPSA) is 64.0 Å². The summed E-state index contributed by atoms with van der Waals surface area (Å²) < 4.78 is 1.35. The minimum absolute atomic E-state index is 0.0822. The van der Waals surface area contributed by atoms with Crippen LogP contribution in [0.4, 0.5) is 0 Å². The summed E-state index contributed by atoms with van der Waals surface area (Å²) in [7, 11) is 0. The van der Waals surface area contributed by atoms with Crippen LogP contribution in [0.2, 0.25) is 0 Å². The molecule has 0 radical (unpaired) electrons. The quantitative estimate of drug-likeness (QED) is 0.847. The fraction of sp³-hybridized carbons (Fsp3) is 0.526. The number of rotatable bonds is 7. The van der Waals surface area contributed by atoms with E-state index < -0.39 is 0 Å². The average Bonchev–Trinajstić information content (AvgIpc) is 2.55. The van der Waals surface area contributed by atoms with Gasteiger partial charge >= 0.3 is 0 Å².